The molecule has 0 amide bonds. The van der Waals surface area contributed by atoms with Crippen LogP contribution in [0.25, 0.3) is 0 Å². The number of aromatic nitrogens is 1. The van der Waals surface area contributed by atoms with Crippen molar-refractivity contribution in [1.29, 1.82) is 0 Å². The van der Waals surface area contributed by atoms with E-state index in [1.807, 2.05) is 12.3 Å². The highest BCUT2D eigenvalue weighted by Crippen LogP contribution is 2.12. The summed E-state index contributed by atoms with van der Waals surface area (Å²) in [5, 5.41) is 12.6. The maximum Gasteiger partial charge on any atom is 0.0950 e. The second kappa shape index (κ2) is 5.32. The van der Waals surface area contributed by atoms with E-state index >= 15 is 0 Å². The molecule has 1 heterocycles. The van der Waals surface area contributed by atoms with Gasteiger partial charge in [-0.25, -0.2) is 4.98 Å². The first-order chi connectivity index (χ1) is 6.24. The second-order valence-corrected chi connectivity index (χ2v) is 4.11. The predicted octanol–water partition coefficient (Wildman–Crippen LogP) is 1.33. The van der Waals surface area contributed by atoms with Crippen molar-refractivity contribution in [2.45, 2.75) is 19.4 Å². The highest BCUT2D eigenvalue weighted by atomic mass is 32.1. The molecule has 1 aromatic rings. The van der Waals surface area contributed by atoms with E-state index < -0.39 is 0 Å². The molecule has 0 fully saturated rings. The summed E-state index contributed by atoms with van der Waals surface area (Å²) in [5.41, 5.74) is 0. The zero-order chi connectivity index (χ0) is 9.68. The monoisotopic (exact) mass is 201 g/mol. The average Bonchev–Trinajstić information content (AvgIpc) is 2.57. The Balaban J connectivity index is 2.36. The van der Waals surface area contributed by atoms with Gasteiger partial charge in [-0.15, -0.1) is 11.3 Å². The lowest BCUT2D eigenvalue weighted by atomic mass is 10.0. The van der Waals surface area contributed by atoms with Gasteiger partial charge in [0.05, 0.1) is 17.7 Å². The fourth-order valence-electron chi connectivity index (χ4n) is 1.11. The number of aliphatic hydroxyl groups excluding tert-OH is 1. The lowest BCUT2D eigenvalue weighted by Gasteiger charge is -2.16. The number of hydrogen-bond acceptors (Lipinski definition) is 4. The molecule has 2 unspecified atom stereocenters. The summed E-state index contributed by atoms with van der Waals surface area (Å²) in [5.74, 6) is 0.161. The Morgan fingerprint density at radius 3 is 3.00 bits per heavy atom. The van der Waals surface area contributed by atoms with Crippen molar-refractivity contribution in [3.05, 3.63) is 16.6 Å². The van der Waals surface area contributed by atoms with Gasteiger partial charge in [0.25, 0.3) is 0 Å². The Morgan fingerprint density at radius 2 is 2.46 bits per heavy atom. The first-order valence-electron chi connectivity index (χ1n) is 4.29. The zero-order valence-electron chi connectivity index (χ0n) is 7.93. The summed E-state index contributed by atoms with van der Waals surface area (Å²) in [7, 11) is 1.65. The fourth-order valence-corrected chi connectivity index (χ4v) is 1.78. The van der Waals surface area contributed by atoms with E-state index in [1.165, 1.54) is 0 Å². The highest BCUT2D eigenvalue weighted by molar-refractivity contribution is 7.09. The molecule has 13 heavy (non-hydrogen) atoms. The SMILES string of the molecule is COCC(C)C(O)Cc1nccs1. The normalized spacial score (nSPS) is 15.6. The van der Waals surface area contributed by atoms with Crippen LogP contribution < -0.4 is 0 Å². The summed E-state index contributed by atoms with van der Waals surface area (Å²) in [6, 6.07) is 0. The zero-order valence-corrected chi connectivity index (χ0v) is 8.75. The van der Waals surface area contributed by atoms with E-state index in [4.69, 9.17) is 4.74 Å². The lowest BCUT2D eigenvalue weighted by molar-refractivity contribution is 0.0574. The number of methoxy groups -OCH3 is 1. The Morgan fingerprint density at radius 1 is 1.69 bits per heavy atom. The van der Waals surface area contributed by atoms with Gasteiger partial charge in [-0.1, -0.05) is 6.92 Å². The minimum Gasteiger partial charge on any atom is -0.392 e. The van der Waals surface area contributed by atoms with Gasteiger partial charge >= 0.3 is 0 Å². The van der Waals surface area contributed by atoms with Crippen molar-refractivity contribution in [2.75, 3.05) is 13.7 Å². The molecule has 1 rings (SSSR count). The summed E-state index contributed by atoms with van der Waals surface area (Å²) < 4.78 is 4.97. The van der Waals surface area contributed by atoms with Crippen LogP contribution in [-0.2, 0) is 11.2 Å². The fraction of sp³-hybridized carbons (Fsp3) is 0.667. The van der Waals surface area contributed by atoms with Gasteiger partial charge < -0.3 is 9.84 Å². The highest BCUT2D eigenvalue weighted by Gasteiger charge is 2.15. The minimum atomic E-state index is -0.355. The number of hydrogen-bond donors (Lipinski definition) is 1. The topological polar surface area (TPSA) is 42.4 Å². The summed E-state index contributed by atoms with van der Waals surface area (Å²) in [4.78, 5) is 4.12. The molecule has 0 aromatic carbocycles. The van der Waals surface area contributed by atoms with Crippen LogP contribution in [0.2, 0.25) is 0 Å². The van der Waals surface area contributed by atoms with Crippen molar-refractivity contribution in [3.8, 4) is 0 Å². The number of ether oxygens (including phenoxy) is 1. The van der Waals surface area contributed by atoms with Crippen LogP contribution in [-0.4, -0.2) is 29.9 Å². The lowest BCUT2D eigenvalue weighted by Crippen LogP contribution is -2.23. The first kappa shape index (κ1) is 10.6. The summed E-state index contributed by atoms with van der Waals surface area (Å²) >= 11 is 1.57. The van der Waals surface area contributed by atoms with Crippen LogP contribution in [0.3, 0.4) is 0 Å². The number of thiazole rings is 1. The third-order valence-corrected chi connectivity index (χ3v) is 2.76. The van der Waals surface area contributed by atoms with Gasteiger partial charge in [0.15, 0.2) is 0 Å². The molecule has 0 saturated heterocycles. The maximum atomic E-state index is 9.71. The van der Waals surface area contributed by atoms with E-state index in [-0.39, 0.29) is 12.0 Å². The summed E-state index contributed by atoms with van der Waals surface area (Å²) in [6.45, 7) is 2.56. The second-order valence-electron chi connectivity index (χ2n) is 3.13. The molecule has 0 aliphatic heterocycles. The Hall–Kier alpha value is -0.450. The van der Waals surface area contributed by atoms with E-state index in [9.17, 15) is 5.11 Å². The van der Waals surface area contributed by atoms with Crippen LogP contribution in [0, 0.1) is 5.92 Å². The van der Waals surface area contributed by atoms with E-state index in [2.05, 4.69) is 4.98 Å². The van der Waals surface area contributed by atoms with Crippen LogP contribution in [0.5, 0.6) is 0 Å². The molecule has 0 aliphatic carbocycles. The predicted molar refractivity (Wildman–Crippen MR) is 52.9 cm³/mol. The Labute approximate surface area is 82.4 Å². The van der Waals surface area contributed by atoms with E-state index in [1.54, 1.807) is 24.6 Å². The van der Waals surface area contributed by atoms with Crippen LogP contribution in [0.1, 0.15) is 11.9 Å². The Bertz CT molecular complexity index is 226. The molecule has 74 valence electrons. The molecule has 4 heteroatoms. The standard InChI is InChI=1S/C9H15NO2S/c1-7(6-12-2)8(11)5-9-10-3-4-13-9/h3-4,7-8,11H,5-6H2,1-2H3. The quantitative estimate of drug-likeness (QED) is 0.781. The summed E-state index contributed by atoms with van der Waals surface area (Å²) in [6.07, 6.45) is 2.03. The Kier molecular flexibility index (Phi) is 4.35. The van der Waals surface area contributed by atoms with Gasteiger partial charge in [0.2, 0.25) is 0 Å². The van der Waals surface area contributed by atoms with Crippen molar-refractivity contribution in [1.82, 2.24) is 4.98 Å². The number of nitrogens with zero attached hydrogens (tertiary/aromatic N) is 1. The van der Waals surface area contributed by atoms with Crippen molar-refractivity contribution < 1.29 is 9.84 Å². The van der Waals surface area contributed by atoms with Crippen LogP contribution in [0.15, 0.2) is 11.6 Å². The number of aliphatic hydroxyl groups is 1. The molecule has 1 aromatic heterocycles. The molecular formula is C9H15NO2S. The van der Waals surface area contributed by atoms with Crippen LogP contribution >= 0.6 is 11.3 Å². The van der Waals surface area contributed by atoms with Gasteiger partial charge in [-0.2, -0.15) is 0 Å². The molecule has 0 spiro atoms. The van der Waals surface area contributed by atoms with Gasteiger partial charge in [-0.3, -0.25) is 0 Å². The van der Waals surface area contributed by atoms with E-state index in [0.717, 1.165) is 5.01 Å². The molecule has 0 saturated carbocycles. The van der Waals surface area contributed by atoms with Crippen LogP contribution in [0.4, 0.5) is 0 Å². The third-order valence-electron chi connectivity index (χ3n) is 1.95. The van der Waals surface area contributed by atoms with Crippen molar-refractivity contribution in [2.24, 2.45) is 5.92 Å². The molecule has 0 aliphatic rings. The molecule has 0 bridgehead atoms. The van der Waals surface area contributed by atoms with Gasteiger partial charge in [-0.05, 0) is 0 Å². The van der Waals surface area contributed by atoms with Crippen molar-refractivity contribution in [3.63, 3.8) is 0 Å². The molecule has 1 N–H and O–H groups in total. The molecule has 0 radical (unpaired) electrons. The maximum absolute atomic E-state index is 9.71. The smallest absolute Gasteiger partial charge is 0.0950 e. The third kappa shape index (κ3) is 3.42. The molecular weight excluding hydrogens is 186 g/mol. The largest absolute Gasteiger partial charge is 0.392 e. The van der Waals surface area contributed by atoms with E-state index in [0.29, 0.717) is 13.0 Å². The van der Waals surface area contributed by atoms with Gasteiger partial charge in [0, 0.05) is 31.0 Å². The van der Waals surface area contributed by atoms with Crippen molar-refractivity contribution >= 4 is 11.3 Å². The number of rotatable bonds is 5. The first-order valence-corrected chi connectivity index (χ1v) is 5.17. The molecule has 3 nitrogen and oxygen atoms in total. The average molecular weight is 201 g/mol. The van der Waals surface area contributed by atoms with Gasteiger partial charge in [0.1, 0.15) is 0 Å². The molecule has 2 atom stereocenters. The minimum absolute atomic E-state index is 0.161.